The average molecular weight is 295 g/mol. The number of nitrogens with one attached hydrogen (secondary N) is 2. The summed E-state index contributed by atoms with van der Waals surface area (Å²) in [6.45, 7) is 1.89. The number of nitrogens with zero attached hydrogens (tertiary/aromatic N) is 3. The molecule has 3 aromatic rings. The van der Waals surface area contributed by atoms with Crippen LogP contribution < -0.4 is 11.0 Å². The van der Waals surface area contributed by atoms with Gasteiger partial charge in [0, 0.05) is 6.20 Å². The van der Waals surface area contributed by atoms with Crippen LogP contribution in [0.15, 0.2) is 53.5 Å². The van der Waals surface area contributed by atoms with Crippen molar-refractivity contribution in [2.45, 2.75) is 6.92 Å². The summed E-state index contributed by atoms with van der Waals surface area (Å²) in [7, 11) is 0. The quantitative estimate of drug-likeness (QED) is 0.766. The highest BCUT2D eigenvalue weighted by Crippen LogP contribution is 2.07. The lowest BCUT2D eigenvalue weighted by molar-refractivity contribution is 0.101. The van der Waals surface area contributed by atoms with Gasteiger partial charge in [-0.25, -0.2) is 9.78 Å². The number of anilines is 1. The number of pyridine rings is 1. The number of carbonyl (C=O) groups is 1. The number of H-pyrrole nitrogens is 1. The number of benzene rings is 1. The van der Waals surface area contributed by atoms with Crippen molar-refractivity contribution in [3.05, 3.63) is 70.5 Å². The lowest BCUT2D eigenvalue weighted by Gasteiger charge is -2.02. The highest BCUT2D eigenvalue weighted by atomic mass is 16.2. The Hall–Kier alpha value is -3.22. The fourth-order valence-corrected chi connectivity index (χ4v) is 1.95. The SMILES string of the molecule is Cc1ccnc(NC(=O)c2nn(-c3ccccc3)c(=O)[nH]2)c1. The molecule has 1 aromatic carbocycles. The van der Waals surface area contributed by atoms with Crippen LogP contribution in [-0.2, 0) is 0 Å². The Morgan fingerprint density at radius 1 is 1.23 bits per heavy atom. The van der Waals surface area contributed by atoms with Crippen molar-refractivity contribution in [3.63, 3.8) is 0 Å². The Kier molecular flexibility index (Phi) is 3.53. The van der Waals surface area contributed by atoms with Crippen LogP contribution in [-0.4, -0.2) is 25.7 Å². The number of aryl methyl sites for hydroxylation is 1. The second-order valence-corrected chi connectivity index (χ2v) is 4.70. The first-order valence-corrected chi connectivity index (χ1v) is 6.62. The summed E-state index contributed by atoms with van der Waals surface area (Å²) in [6.07, 6.45) is 1.59. The zero-order valence-corrected chi connectivity index (χ0v) is 11.8. The normalized spacial score (nSPS) is 10.4. The molecule has 0 aliphatic heterocycles. The number of aromatic nitrogens is 4. The summed E-state index contributed by atoms with van der Waals surface area (Å²) in [5.41, 5.74) is 1.07. The minimum atomic E-state index is -0.523. The number of para-hydroxylation sites is 1. The minimum Gasteiger partial charge on any atom is -0.304 e. The molecule has 0 aliphatic carbocycles. The molecule has 0 spiro atoms. The zero-order chi connectivity index (χ0) is 15.5. The van der Waals surface area contributed by atoms with Crippen molar-refractivity contribution in [2.75, 3.05) is 5.32 Å². The fraction of sp³-hybridized carbons (Fsp3) is 0.0667. The molecule has 2 heterocycles. The van der Waals surface area contributed by atoms with E-state index in [9.17, 15) is 9.59 Å². The van der Waals surface area contributed by atoms with Crippen molar-refractivity contribution in [1.29, 1.82) is 0 Å². The number of rotatable bonds is 3. The molecule has 110 valence electrons. The molecule has 2 N–H and O–H groups in total. The fourth-order valence-electron chi connectivity index (χ4n) is 1.95. The molecule has 7 heteroatoms. The number of hydrogen-bond donors (Lipinski definition) is 2. The maximum absolute atomic E-state index is 12.1. The second kappa shape index (κ2) is 5.65. The molecule has 0 saturated heterocycles. The van der Waals surface area contributed by atoms with Crippen LogP contribution in [0.4, 0.5) is 5.82 Å². The molecule has 0 radical (unpaired) electrons. The third kappa shape index (κ3) is 2.78. The van der Waals surface area contributed by atoms with Crippen LogP contribution in [0.3, 0.4) is 0 Å². The van der Waals surface area contributed by atoms with Gasteiger partial charge in [0.05, 0.1) is 5.69 Å². The van der Waals surface area contributed by atoms with Gasteiger partial charge in [0.25, 0.3) is 5.91 Å². The summed E-state index contributed by atoms with van der Waals surface area (Å²) in [5, 5.41) is 6.60. The first-order chi connectivity index (χ1) is 10.6. The van der Waals surface area contributed by atoms with E-state index in [1.807, 2.05) is 19.1 Å². The molecular weight excluding hydrogens is 282 g/mol. The Morgan fingerprint density at radius 3 is 2.73 bits per heavy atom. The highest BCUT2D eigenvalue weighted by Gasteiger charge is 2.14. The van der Waals surface area contributed by atoms with Crippen LogP contribution in [0, 0.1) is 6.92 Å². The predicted octanol–water partition coefficient (Wildman–Crippen LogP) is 1.52. The number of amides is 1. The zero-order valence-electron chi connectivity index (χ0n) is 11.8. The maximum atomic E-state index is 12.1. The van der Waals surface area contributed by atoms with Gasteiger partial charge < -0.3 is 5.32 Å². The van der Waals surface area contributed by atoms with Crippen LogP contribution in [0.2, 0.25) is 0 Å². The van der Waals surface area contributed by atoms with Gasteiger partial charge >= 0.3 is 5.69 Å². The predicted molar refractivity (Wildman–Crippen MR) is 81.1 cm³/mol. The van der Waals surface area contributed by atoms with E-state index in [1.165, 1.54) is 0 Å². The summed E-state index contributed by atoms with van der Waals surface area (Å²) in [6, 6.07) is 12.4. The van der Waals surface area contributed by atoms with E-state index in [0.29, 0.717) is 11.5 Å². The monoisotopic (exact) mass is 295 g/mol. The number of aromatic amines is 1. The lowest BCUT2D eigenvalue weighted by atomic mass is 10.3. The lowest BCUT2D eigenvalue weighted by Crippen LogP contribution is -2.16. The smallest absolute Gasteiger partial charge is 0.304 e. The van der Waals surface area contributed by atoms with Crippen molar-refractivity contribution in [3.8, 4) is 5.69 Å². The maximum Gasteiger partial charge on any atom is 0.348 e. The Morgan fingerprint density at radius 2 is 2.00 bits per heavy atom. The molecule has 3 rings (SSSR count). The van der Waals surface area contributed by atoms with E-state index in [0.717, 1.165) is 10.2 Å². The molecule has 0 aliphatic rings. The highest BCUT2D eigenvalue weighted by molar-refractivity contribution is 6.00. The van der Waals surface area contributed by atoms with Gasteiger partial charge in [0.15, 0.2) is 0 Å². The van der Waals surface area contributed by atoms with Crippen LogP contribution in [0.25, 0.3) is 5.69 Å². The topological polar surface area (TPSA) is 92.7 Å². The van der Waals surface area contributed by atoms with E-state index < -0.39 is 11.6 Å². The van der Waals surface area contributed by atoms with Gasteiger partial charge in [-0.3, -0.25) is 9.78 Å². The van der Waals surface area contributed by atoms with Crippen molar-refractivity contribution in [2.24, 2.45) is 0 Å². The van der Waals surface area contributed by atoms with Gasteiger partial charge in [0.1, 0.15) is 5.82 Å². The van der Waals surface area contributed by atoms with Gasteiger partial charge in [-0.05, 0) is 36.8 Å². The molecule has 0 bridgehead atoms. The largest absolute Gasteiger partial charge is 0.348 e. The van der Waals surface area contributed by atoms with Crippen molar-refractivity contribution < 1.29 is 4.79 Å². The van der Waals surface area contributed by atoms with E-state index in [4.69, 9.17) is 0 Å². The Labute approximate surface area is 125 Å². The van der Waals surface area contributed by atoms with E-state index in [1.54, 1.807) is 36.5 Å². The molecule has 0 saturated carbocycles. The van der Waals surface area contributed by atoms with Gasteiger partial charge in [0.2, 0.25) is 5.82 Å². The molecule has 0 atom stereocenters. The molecule has 0 fully saturated rings. The summed E-state index contributed by atoms with van der Waals surface area (Å²) >= 11 is 0. The Bertz CT molecular complexity index is 867. The number of hydrogen-bond acceptors (Lipinski definition) is 4. The Balaban J connectivity index is 1.87. The van der Waals surface area contributed by atoms with Crippen molar-refractivity contribution in [1.82, 2.24) is 19.7 Å². The van der Waals surface area contributed by atoms with Gasteiger partial charge in [-0.2, -0.15) is 4.68 Å². The molecule has 22 heavy (non-hydrogen) atoms. The molecule has 7 nitrogen and oxygen atoms in total. The first kappa shape index (κ1) is 13.7. The van der Waals surface area contributed by atoms with Gasteiger partial charge in [-0.15, -0.1) is 5.10 Å². The van der Waals surface area contributed by atoms with Crippen LogP contribution >= 0.6 is 0 Å². The summed E-state index contributed by atoms with van der Waals surface area (Å²) in [5.74, 6) is -0.192. The molecule has 1 amide bonds. The molecular formula is C15H13N5O2. The van der Waals surface area contributed by atoms with Gasteiger partial charge in [-0.1, -0.05) is 18.2 Å². The van der Waals surface area contributed by atoms with E-state index in [2.05, 4.69) is 20.4 Å². The van der Waals surface area contributed by atoms with Crippen LogP contribution in [0.5, 0.6) is 0 Å². The molecule has 0 unspecified atom stereocenters. The standard InChI is InChI=1S/C15H13N5O2/c1-10-7-8-16-12(9-10)17-14(21)13-18-15(22)20(19-13)11-5-3-2-4-6-11/h2-9H,1H3,(H,16,17,21)(H,18,19,22). The van der Waals surface area contributed by atoms with E-state index in [-0.39, 0.29) is 5.82 Å². The first-order valence-electron chi connectivity index (χ1n) is 6.62. The molecule has 2 aromatic heterocycles. The minimum absolute atomic E-state index is 0.0721. The third-order valence-electron chi connectivity index (χ3n) is 2.99. The van der Waals surface area contributed by atoms with Crippen LogP contribution in [0.1, 0.15) is 16.2 Å². The van der Waals surface area contributed by atoms with Crippen molar-refractivity contribution >= 4 is 11.7 Å². The average Bonchev–Trinajstić information content (AvgIpc) is 2.90. The number of carbonyl (C=O) groups excluding carboxylic acids is 1. The third-order valence-corrected chi connectivity index (χ3v) is 2.99. The second-order valence-electron chi connectivity index (χ2n) is 4.70. The van der Waals surface area contributed by atoms with E-state index >= 15 is 0 Å². The summed E-state index contributed by atoms with van der Waals surface area (Å²) < 4.78 is 1.14. The summed E-state index contributed by atoms with van der Waals surface area (Å²) in [4.78, 5) is 30.5.